The fourth-order valence-electron chi connectivity index (χ4n) is 8.36. The maximum absolute atomic E-state index is 13.5. The normalized spacial score (nSPS) is 19.4. The van der Waals surface area contributed by atoms with Gasteiger partial charge >= 0.3 is 334 Å². The fraction of sp³-hybridized carbons (Fsp3) is 0.452. The first-order chi connectivity index (χ1) is 27.2. The summed E-state index contributed by atoms with van der Waals surface area (Å²) in [6.45, 7) is 7.34. The van der Waals surface area contributed by atoms with Crippen LogP contribution in [0.5, 0.6) is 11.5 Å². The van der Waals surface area contributed by atoms with Crippen molar-refractivity contribution in [3.8, 4) is 17.6 Å². The van der Waals surface area contributed by atoms with Gasteiger partial charge in [0.15, 0.2) is 0 Å². The van der Waals surface area contributed by atoms with E-state index in [2.05, 4.69) is 11.1 Å². The summed E-state index contributed by atoms with van der Waals surface area (Å²) in [5.41, 5.74) is -1.75. The number of H-pyrrole nitrogens is 1. The molecule has 1 aliphatic heterocycles. The van der Waals surface area contributed by atoms with Crippen molar-refractivity contribution in [3.63, 3.8) is 0 Å². The summed E-state index contributed by atoms with van der Waals surface area (Å²) in [4.78, 5) is 54.8. The third-order valence-electron chi connectivity index (χ3n) is 10.5. The molecule has 0 aliphatic carbocycles. The Morgan fingerprint density at radius 3 is 1.91 bits per heavy atom. The zero-order valence-corrected chi connectivity index (χ0v) is 34.5. The second-order valence-electron chi connectivity index (χ2n) is 14.6. The van der Waals surface area contributed by atoms with Crippen molar-refractivity contribution in [2.75, 3.05) is 47.3 Å². The van der Waals surface area contributed by atoms with Crippen LogP contribution in [0.4, 0.5) is 0 Å². The van der Waals surface area contributed by atoms with Crippen molar-refractivity contribution in [3.05, 3.63) is 129 Å². The molecule has 1 aromatic heterocycles. The van der Waals surface area contributed by atoms with Crippen LogP contribution in [0.25, 0.3) is 0 Å². The van der Waals surface area contributed by atoms with Crippen LogP contribution in [0.3, 0.4) is 0 Å². The third kappa shape index (κ3) is 8.87. The molecule has 15 heteroatoms. The maximum atomic E-state index is 13.5. The van der Waals surface area contributed by atoms with Gasteiger partial charge in [-0.1, -0.05) is 0 Å². The quantitative estimate of drug-likeness (QED) is 0.0644. The molecule has 2 heterocycles. The number of nitrogens with zero attached hydrogens (tertiary/aromatic N) is 3. The fourth-order valence-corrected chi connectivity index (χ4v) is 13.4. The molecular formula is C42H55N4O10P. The average molecular weight is 807 g/mol. The van der Waals surface area contributed by atoms with Crippen LogP contribution in [0.2, 0.25) is 0 Å². The molecule has 0 amide bonds. The van der Waals surface area contributed by atoms with E-state index in [1.165, 1.54) is 23.9 Å². The Kier molecular flexibility index (Phi) is 14.1. The predicted molar refractivity (Wildman–Crippen MR) is 217 cm³/mol. The van der Waals surface area contributed by atoms with E-state index in [0.717, 1.165) is 16.7 Å². The molecule has 4 atom stereocenters. The Morgan fingerprint density at radius 1 is 0.860 bits per heavy atom. The number of nitrogens with one attached hydrogen (secondary N) is 1. The SMILES string of the molecule is COCCO[C@H]1[C@H](P(O)(O)(CCC#N)N(C(C)C)C(C)C)[C@@H](COC(c2ccccc2)(c2ccc(OC)cc2)c2ccc(OC)cc2)O[C@H]1n1ccc(=O)[nH]c1=O. The Labute approximate surface area is 333 Å². The van der Waals surface area contributed by atoms with Crippen molar-refractivity contribution in [2.45, 2.75) is 75.9 Å². The molecule has 1 aliphatic rings. The van der Waals surface area contributed by atoms with Crippen LogP contribution < -0.4 is 20.7 Å². The van der Waals surface area contributed by atoms with Gasteiger partial charge in [-0.3, -0.25) is 0 Å². The first-order valence-corrected chi connectivity index (χ1v) is 21.3. The van der Waals surface area contributed by atoms with E-state index in [9.17, 15) is 24.6 Å². The van der Waals surface area contributed by atoms with E-state index in [0.29, 0.717) is 11.5 Å². The standard InChI is InChI=1S/C42H55N4O10P/c1-29(2)46(30(3)4)57(49,50,27-11-23-43)39-36(56-40(38(39)54-26-25-51-5)45-24-22-37(47)44-41(45)48)28-55-42(31-12-9-8-10-13-31,32-14-18-34(52-6)19-15-32)33-16-20-35(53-7)21-17-33/h8-10,12-22,24,29-30,36,38-40,49-50H,11,25-28H2,1-7H3,(H,44,47,48)/t36-,38+,39-,40-/m1/s1. The number of nitriles is 1. The number of methoxy groups -OCH3 is 3. The molecule has 0 spiro atoms. The summed E-state index contributed by atoms with van der Waals surface area (Å²) in [5, 5.41) is 9.94. The van der Waals surface area contributed by atoms with E-state index in [1.807, 2.05) is 107 Å². The average Bonchev–Trinajstić information content (AvgIpc) is 3.57. The molecule has 1 fully saturated rings. The van der Waals surface area contributed by atoms with E-state index < -0.39 is 60.2 Å². The van der Waals surface area contributed by atoms with Crippen molar-refractivity contribution in [1.82, 2.24) is 14.2 Å². The molecule has 5 rings (SSSR count). The second-order valence-corrected chi connectivity index (χ2v) is 18.6. The van der Waals surface area contributed by atoms with Crippen molar-refractivity contribution >= 4 is 7.21 Å². The molecule has 0 radical (unpaired) electrons. The first-order valence-electron chi connectivity index (χ1n) is 19.0. The zero-order valence-electron chi connectivity index (χ0n) is 33.6. The summed E-state index contributed by atoms with van der Waals surface area (Å²) in [6.07, 6.45) is -2.82. The third-order valence-corrected chi connectivity index (χ3v) is 15.4. The Balaban J connectivity index is 1.79. The molecule has 57 heavy (non-hydrogen) atoms. The van der Waals surface area contributed by atoms with Gasteiger partial charge in [0.2, 0.25) is 0 Å². The van der Waals surface area contributed by atoms with Crippen LogP contribution in [-0.2, 0) is 24.5 Å². The molecular weight excluding hydrogens is 751 g/mol. The topological polar surface area (TPSA) is 178 Å². The van der Waals surface area contributed by atoms with Gasteiger partial charge in [-0.15, -0.1) is 0 Å². The van der Waals surface area contributed by atoms with Crippen LogP contribution in [0.1, 0.15) is 57.0 Å². The van der Waals surface area contributed by atoms with E-state index in [1.54, 1.807) is 18.9 Å². The monoisotopic (exact) mass is 806 g/mol. The summed E-state index contributed by atoms with van der Waals surface area (Å²) >= 11 is 0. The van der Waals surface area contributed by atoms with Crippen LogP contribution >= 0.6 is 7.21 Å². The van der Waals surface area contributed by atoms with Crippen LogP contribution in [0, 0.1) is 11.3 Å². The molecule has 14 nitrogen and oxygen atoms in total. The number of hydrogen-bond donors (Lipinski definition) is 3. The Bertz CT molecular complexity index is 2010. The van der Waals surface area contributed by atoms with Gasteiger partial charge < -0.3 is 0 Å². The summed E-state index contributed by atoms with van der Waals surface area (Å²) in [5.74, 6) is 1.27. The number of rotatable bonds is 19. The van der Waals surface area contributed by atoms with Gasteiger partial charge in [-0.25, -0.2) is 0 Å². The second kappa shape index (κ2) is 18.4. The number of aromatic amines is 1. The minimum absolute atomic E-state index is 0.00294. The van der Waals surface area contributed by atoms with E-state index in [-0.39, 0.29) is 32.4 Å². The summed E-state index contributed by atoms with van der Waals surface area (Å²) in [7, 11) is -0.660. The van der Waals surface area contributed by atoms with Crippen molar-refractivity contribution in [1.29, 1.82) is 5.26 Å². The molecule has 3 aromatic carbocycles. The zero-order chi connectivity index (χ0) is 41.4. The van der Waals surface area contributed by atoms with Gasteiger partial charge in [0.1, 0.15) is 0 Å². The van der Waals surface area contributed by atoms with Gasteiger partial charge in [0.25, 0.3) is 0 Å². The summed E-state index contributed by atoms with van der Waals surface area (Å²) in [6, 6.07) is 27.1. The van der Waals surface area contributed by atoms with E-state index >= 15 is 0 Å². The predicted octanol–water partition coefficient (Wildman–Crippen LogP) is 5.18. The van der Waals surface area contributed by atoms with Crippen molar-refractivity contribution < 1.29 is 38.2 Å². The Morgan fingerprint density at radius 2 is 1.42 bits per heavy atom. The van der Waals surface area contributed by atoms with Gasteiger partial charge in [0, 0.05) is 0 Å². The number of hydrogen-bond acceptors (Lipinski definition) is 12. The van der Waals surface area contributed by atoms with Crippen LogP contribution in [0.15, 0.2) is 101 Å². The first kappa shape index (κ1) is 43.7. The molecule has 1 saturated heterocycles. The van der Waals surface area contributed by atoms with E-state index in [4.69, 9.17) is 28.4 Å². The molecule has 0 bridgehead atoms. The number of ether oxygens (including phenoxy) is 6. The summed E-state index contributed by atoms with van der Waals surface area (Å²) < 4.78 is 39.8. The Hall–Kier alpha value is -4.42. The molecule has 3 N–H and O–H groups in total. The number of benzene rings is 3. The molecule has 4 aromatic rings. The van der Waals surface area contributed by atoms with Gasteiger partial charge in [-0.05, 0) is 0 Å². The van der Waals surface area contributed by atoms with Crippen molar-refractivity contribution in [2.24, 2.45) is 0 Å². The minimum atomic E-state index is -5.35. The molecule has 0 unspecified atom stereocenters. The van der Waals surface area contributed by atoms with Gasteiger partial charge in [0.05, 0.1) is 0 Å². The van der Waals surface area contributed by atoms with Gasteiger partial charge in [-0.2, -0.15) is 0 Å². The number of aromatic nitrogens is 2. The van der Waals surface area contributed by atoms with Crippen LogP contribution in [-0.4, -0.2) is 101 Å². The molecule has 308 valence electrons. The molecule has 0 saturated carbocycles.